The van der Waals surface area contributed by atoms with E-state index < -0.39 is 5.97 Å². The van der Waals surface area contributed by atoms with Crippen LogP contribution in [0.15, 0.2) is 6.20 Å². The van der Waals surface area contributed by atoms with Gasteiger partial charge in [0.15, 0.2) is 0 Å². The Labute approximate surface area is 124 Å². The maximum Gasteiger partial charge on any atom is 0.339 e. The third-order valence-electron chi connectivity index (χ3n) is 3.46. The third-order valence-corrected chi connectivity index (χ3v) is 3.46. The van der Waals surface area contributed by atoms with E-state index in [4.69, 9.17) is 0 Å². The van der Waals surface area contributed by atoms with Crippen LogP contribution in [0.2, 0.25) is 0 Å². The SMILES string of the molecule is CCn1nc(C)c(-c2nn(CC(C)C)cc2C(=O)O)c1C. The molecule has 0 spiro atoms. The highest BCUT2D eigenvalue weighted by Gasteiger charge is 2.23. The second-order valence-corrected chi connectivity index (χ2v) is 5.67. The molecule has 114 valence electrons. The number of rotatable bonds is 5. The zero-order valence-corrected chi connectivity index (χ0v) is 13.2. The van der Waals surface area contributed by atoms with Gasteiger partial charge in [0.05, 0.1) is 5.69 Å². The fraction of sp³-hybridized carbons (Fsp3) is 0.533. The first-order valence-electron chi connectivity index (χ1n) is 7.20. The molecule has 6 nitrogen and oxygen atoms in total. The van der Waals surface area contributed by atoms with Crippen LogP contribution in [0.5, 0.6) is 0 Å². The van der Waals surface area contributed by atoms with Gasteiger partial charge in [-0.15, -0.1) is 0 Å². The number of aryl methyl sites for hydroxylation is 2. The predicted octanol–water partition coefficient (Wildman–Crippen LogP) is 2.74. The number of hydrogen-bond donors (Lipinski definition) is 1. The number of carboxylic acid groups (broad SMARTS) is 1. The Morgan fingerprint density at radius 3 is 2.48 bits per heavy atom. The molecule has 2 rings (SSSR count). The van der Waals surface area contributed by atoms with Crippen molar-refractivity contribution in [3.63, 3.8) is 0 Å². The van der Waals surface area contributed by atoms with E-state index in [9.17, 15) is 9.90 Å². The average molecular weight is 290 g/mol. The molecule has 6 heteroatoms. The van der Waals surface area contributed by atoms with Crippen molar-refractivity contribution in [2.45, 2.75) is 47.7 Å². The monoisotopic (exact) mass is 290 g/mol. The standard InChI is InChI=1S/C15H22N4O2/c1-6-19-11(5)13(10(4)16-19)14-12(15(20)21)8-18(17-14)7-9(2)3/h8-9H,6-7H2,1-5H3,(H,20,21). The third kappa shape index (κ3) is 2.84. The topological polar surface area (TPSA) is 72.9 Å². The van der Waals surface area contributed by atoms with Crippen molar-refractivity contribution in [1.82, 2.24) is 19.6 Å². The zero-order chi connectivity index (χ0) is 15.7. The van der Waals surface area contributed by atoms with Crippen LogP contribution in [-0.2, 0) is 13.1 Å². The molecule has 0 aliphatic rings. The van der Waals surface area contributed by atoms with Gasteiger partial charge in [-0.25, -0.2) is 4.79 Å². The van der Waals surface area contributed by atoms with Gasteiger partial charge in [-0.2, -0.15) is 10.2 Å². The van der Waals surface area contributed by atoms with E-state index in [0.29, 0.717) is 18.2 Å². The summed E-state index contributed by atoms with van der Waals surface area (Å²) in [5.74, 6) is -0.553. The summed E-state index contributed by atoms with van der Waals surface area (Å²) >= 11 is 0. The van der Waals surface area contributed by atoms with Crippen LogP contribution in [0, 0.1) is 19.8 Å². The molecule has 21 heavy (non-hydrogen) atoms. The zero-order valence-electron chi connectivity index (χ0n) is 13.2. The summed E-state index contributed by atoms with van der Waals surface area (Å²) in [7, 11) is 0. The predicted molar refractivity (Wildman–Crippen MR) is 80.4 cm³/mol. The van der Waals surface area contributed by atoms with Crippen LogP contribution >= 0.6 is 0 Å². The van der Waals surface area contributed by atoms with E-state index in [-0.39, 0.29) is 5.56 Å². The number of carboxylic acids is 1. The van der Waals surface area contributed by atoms with Crippen molar-refractivity contribution < 1.29 is 9.90 Å². The van der Waals surface area contributed by atoms with E-state index in [1.165, 1.54) is 0 Å². The summed E-state index contributed by atoms with van der Waals surface area (Å²) in [6.07, 6.45) is 1.61. The van der Waals surface area contributed by atoms with Crippen LogP contribution in [0.3, 0.4) is 0 Å². The van der Waals surface area contributed by atoms with Gasteiger partial charge < -0.3 is 5.11 Å². The van der Waals surface area contributed by atoms with Crippen molar-refractivity contribution in [2.24, 2.45) is 5.92 Å². The number of hydrogen-bond acceptors (Lipinski definition) is 3. The highest BCUT2D eigenvalue weighted by molar-refractivity contribution is 5.95. The Morgan fingerprint density at radius 1 is 1.33 bits per heavy atom. The fourth-order valence-electron chi connectivity index (χ4n) is 2.58. The summed E-state index contributed by atoms with van der Waals surface area (Å²) in [4.78, 5) is 11.5. The van der Waals surface area contributed by atoms with Gasteiger partial charge in [0.25, 0.3) is 0 Å². The molecule has 0 saturated carbocycles. The Morgan fingerprint density at radius 2 is 2.00 bits per heavy atom. The van der Waals surface area contributed by atoms with Gasteiger partial charge in [-0.05, 0) is 26.7 Å². The summed E-state index contributed by atoms with van der Waals surface area (Å²) in [5, 5.41) is 18.4. The minimum absolute atomic E-state index is 0.234. The van der Waals surface area contributed by atoms with Crippen LogP contribution in [0.1, 0.15) is 42.5 Å². The van der Waals surface area contributed by atoms with Crippen LogP contribution < -0.4 is 0 Å². The minimum atomic E-state index is -0.956. The Hall–Kier alpha value is -2.11. The van der Waals surface area contributed by atoms with Crippen molar-refractivity contribution in [3.8, 4) is 11.3 Å². The molecule has 0 amide bonds. The van der Waals surface area contributed by atoms with Gasteiger partial charge in [0, 0.05) is 30.5 Å². The van der Waals surface area contributed by atoms with Crippen molar-refractivity contribution >= 4 is 5.97 Å². The van der Waals surface area contributed by atoms with Gasteiger partial charge in [0.1, 0.15) is 11.3 Å². The Bertz CT molecular complexity index is 668. The van der Waals surface area contributed by atoms with Gasteiger partial charge >= 0.3 is 5.97 Å². The summed E-state index contributed by atoms with van der Waals surface area (Å²) in [6, 6.07) is 0. The Kier molecular flexibility index (Phi) is 4.16. The highest BCUT2D eigenvalue weighted by atomic mass is 16.4. The lowest BCUT2D eigenvalue weighted by atomic mass is 10.1. The van der Waals surface area contributed by atoms with Crippen molar-refractivity contribution in [1.29, 1.82) is 0 Å². The number of aromatic nitrogens is 4. The summed E-state index contributed by atoms with van der Waals surface area (Å²) in [6.45, 7) is 11.5. The second-order valence-electron chi connectivity index (χ2n) is 5.67. The molecule has 2 aromatic rings. The fourth-order valence-corrected chi connectivity index (χ4v) is 2.58. The number of carbonyl (C=O) groups is 1. The van der Waals surface area contributed by atoms with Crippen LogP contribution in [0.25, 0.3) is 11.3 Å². The van der Waals surface area contributed by atoms with E-state index in [1.807, 2.05) is 25.5 Å². The molecule has 0 radical (unpaired) electrons. The lowest BCUT2D eigenvalue weighted by Crippen LogP contribution is -2.04. The number of nitrogens with zero attached hydrogens (tertiary/aromatic N) is 4. The molecule has 0 aliphatic heterocycles. The molecule has 0 unspecified atom stereocenters. The highest BCUT2D eigenvalue weighted by Crippen LogP contribution is 2.29. The molecular formula is C15H22N4O2. The largest absolute Gasteiger partial charge is 0.478 e. The smallest absolute Gasteiger partial charge is 0.339 e. The quantitative estimate of drug-likeness (QED) is 0.919. The molecular weight excluding hydrogens is 268 g/mol. The van der Waals surface area contributed by atoms with E-state index in [1.54, 1.807) is 10.9 Å². The molecule has 0 aliphatic carbocycles. The second kappa shape index (κ2) is 5.71. The molecule has 0 bridgehead atoms. The first-order chi connectivity index (χ1) is 9.85. The number of aromatic carboxylic acids is 1. The first kappa shape index (κ1) is 15.3. The Balaban J connectivity index is 2.59. The maximum atomic E-state index is 11.5. The lowest BCUT2D eigenvalue weighted by Gasteiger charge is -2.04. The van der Waals surface area contributed by atoms with Crippen LogP contribution in [-0.4, -0.2) is 30.6 Å². The van der Waals surface area contributed by atoms with Crippen LogP contribution in [0.4, 0.5) is 0 Å². The minimum Gasteiger partial charge on any atom is -0.478 e. The van der Waals surface area contributed by atoms with Crippen molar-refractivity contribution in [2.75, 3.05) is 0 Å². The molecule has 0 atom stereocenters. The van der Waals surface area contributed by atoms with Gasteiger partial charge in [0.2, 0.25) is 0 Å². The molecule has 2 aromatic heterocycles. The first-order valence-corrected chi connectivity index (χ1v) is 7.20. The van der Waals surface area contributed by atoms with Gasteiger partial charge in [-0.1, -0.05) is 13.8 Å². The average Bonchev–Trinajstić information content (AvgIpc) is 2.90. The lowest BCUT2D eigenvalue weighted by molar-refractivity contribution is 0.0697. The molecule has 2 heterocycles. The normalized spacial score (nSPS) is 11.3. The maximum absolute atomic E-state index is 11.5. The summed E-state index contributed by atoms with van der Waals surface area (Å²) < 4.78 is 3.59. The van der Waals surface area contributed by atoms with E-state index in [0.717, 1.165) is 23.5 Å². The van der Waals surface area contributed by atoms with E-state index >= 15 is 0 Å². The van der Waals surface area contributed by atoms with E-state index in [2.05, 4.69) is 24.0 Å². The van der Waals surface area contributed by atoms with Crippen molar-refractivity contribution in [3.05, 3.63) is 23.1 Å². The molecule has 1 N–H and O–H groups in total. The molecule has 0 saturated heterocycles. The van der Waals surface area contributed by atoms with Gasteiger partial charge in [-0.3, -0.25) is 9.36 Å². The summed E-state index contributed by atoms with van der Waals surface area (Å²) in [5.41, 5.74) is 3.34. The molecule has 0 fully saturated rings. The molecule has 0 aromatic carbocycles.